The molecule has 0 saturated carbocycles. The molecule has 0 heterocycles. The molecule has 5 heteroatoms. The lowest BCUT2D eigenvalue weighted by molar-refractivity contribution is 0.101. The minimum absolute atomic E-state index is 0.443. The van der Waals surface area contributed by atoms with Crippen LogP contribution < -0.4 is 10.2 Å². The predicted octanol–water partition coefficient (Wildman–Crippen LogP) is 6.72. The molecule has 1 amide bonds. The number of halogens is 2. The molecule has 0 fully saturated rings. The van der Waals surface area contributed by atoms with E-state index in [1.807, 2.05) is 58.1 Å². The number of benzene rings is 2. The predicted molar refractivity (Wildman–Crippen MR) is 118 cm³/mol. The molecule has 0 aromatic heterocycles. The maximum Gasteiger partial charge on any atom is 0.261 e. The van der Waals surface area contributed by atoms with Crippen molar-refractivity contribution in [3.05, 3.63) is 96.2 Å². The number of amides is 1. The maximum atomic E-state index is 13.7. The van der Waals surface area contributed by atoms with E-state index in [1.165, 1.54) is 6.07 Å². The molecule has 0 atom stereocenters. The van der Waals surface area contributed by atoms with Gasteiger partial charge in [-0.25, -0.2) is 8.78 Å². The molecule has 3 nitrogen and oxygen atoms in total. The lowest BCUT2D eigenvalue weighted by Gasteiger charge is -2.24. The van der Waals surface area contributed by atoms with E-state index in [0.29, 0.717) is 12.2 Å². The molecule has 0 bridgehead atoms. The molecule has 1 N–H and O–H groups in total. The third-order valence-electron chi connectivity index (χ3n) is 3.88. The van der Waals surface area contributed by atoms with Crippen molar-refractivity contribution in [1.82, 2.24) is 0 Å². The van der Waals surface area contributed by atoms with Crippen LogP contribution in [0.1, 0.15) is 38.1 Å². The topological polar surface area (TPSA) is 32.3 Å². The van der Waals surface area contributed by atoms with Crippen LogP contribution in [0.4, 0.5) is 20.2 Å². The van der Waals surface area contributed by atoms with Gasteiger partial charge in [0.15, 0.2) is 0 Å². The SMILES string of the molecule is C=CCN(C(=C\C)/C=C/C)c1ccc(NC(=O)c2c(F)cccc2F)cc1.CC. The summed E-state index contributed by atoms with van der Waals surface area (Å²) < 4.78 is 27.5. The molecule has 0 saturated heterocycles. The van der Waals surface area contributed by atoms with Crippen LogP contribution in [0.5, 0.6) is 0 Å². The zero-order valence-corrected chi connectivity index (χ0v) is 17.4. The highest BCUT2D eigenvalue weighted by molar-refractivity contribution is 6.04. The van der Waals surface area contributed by atoms with Gasteiger partial charge in [-0.05, 0) is 56.3 Å². The average Bonchev–Trinajstić information content (AvgIpc) is 2.72. The van der Waals surface area contributed by atoms with E-state index in [4.69, 9.17) is 0 Å². The van der Waals surface area contributed by atoms with E-state index in [0.717, 1.165) is 23.5 Å². The first-order valence-corrected chi connectivity index (χ1v) is 9.54. The molecule has 0 aliphatic rings. The number of rotatable bonds is 7. The quantitative estimate of drug-likeness (QED) is 0.415. The molecule has 0 radical (unpaired) electrons. The van der Waals surface area contributed by atoms with Gasteiger partial charge in [-0.15, -0.1) is 6.58 Å². The standard InChI is InChI=1S/C22H22F2N2O.C2H6/c1-4-8-17(6-3)26(15-5-2)18-13-11-16(12-14-18)25-22(27)21-19(23)9-7-10-20(21)24;1-2/h4-14H,2,15H2,1,3H3,(H,25,27);1-2H3/b8-4+,17-6-;. The number of nitrogens with one attached hydrogen (secondary N) is 1. The minimum Gasteiger partial charge on any atom is -0.338 e. The summed E-state index contributed by atoms with van der Waals surface area (Å²) in [5.74, 6) is -2.62. The van der Waals surface area contributed by atoms with Gasteiger partial charge in [-0.3, -0.25) is 4.79 Å². The minimum atomic E-state index is -0.898. The number of hydrogen-bond donors (Lipinski definition) is 1. The Kier molecular flexibility index (Phi) is 10.1. The van der Waals surface area contributed by atoms with Gasteiger partial charge in [0, 0.05) is 23.6 Å². The second-order valence-electron chi connectivity index (χ2n) is 5.71. The van der Waals surface area contributed by atoms with Crippen LogP contribution >= 0.6 is 0 Å². The first kappa shape index (κ1) is 23.8. The van der Waals surface area contributed by atoms with Gasteiger partial charge in [0.1, 0.15) is 17.2 Å². The Balaban J connectivity index is 0.00000204. The summed E-state index contributed by atoms with van der Waals surface area (Å²) in [6.07, 6.45) is 7.72. The van der Waals surface area contributed by atoms with Crippen molar-refractivity contribution in [3.63, 3.8) is 0 Å². The average molecular weight is 398 g/mol. The number of carbonyl (C=O) groups excluding carboxylic acids is 1. The van der Waals surface area contributed by atoms with E-state index in [9.17, 15) is 13.6 Å². The van der Waals surface area contributed by atoms with E-state index >= 15 is 0 Å². The van der Waals surface area contributed by atoms with E-state index in [-0.39, 0.29) is 0 Å². The highest BCUT2D eigenvalue weighted by Gasteiger charge is 2.17. The smallest absolute Gasteiger partial charge is 0.261 e. The van der Waals surface area contributed by atoms with Crippen LogP contribution in [-0.2, 0) is 0 Å². The Morgan fingerprint density at radius 2 is 1.66 bits per heavy atom. The van der Waals surface area contributed by atoms with Crippen molar-refractivity contribution in [2.24, 2.45) is 0 Å². The summed E-state index contributed by atoms with van der Waals surface area (Å²) in [4.78, 5) is 14.2. The number of nitrogens with zero attached hydrogens (tertiary/aromatic N) is 1. The molecule has 154 valence electrons. The Bertz CT molecular complexity index is 851. The summed E-state index contributed by atoms with van der Waals surface area (Å²) in [5.41, 5.74) is 1.75. The fourth-order valence-corrected chi connectivity index (χ4v) is 2.63. The van der Waals surface area contributed by atoms with Crippen LogP contribution in [-0.4, -0.2) is 12.5 Å². The second kappa shape index (κ2) is 12.3. The summed E-state index contributed by atoms with van der Waals surface area (Å²) in [5, 5.41) is 2.52. The highest BCUT2D eigenvalue weighted by Crippen LogP contribution is 2.23. The molecule has 2 rings (SSSR count). The van der Waals surface area contributed by atoms with Gasteiger partial charge in [0.25, 0.3) is 5.91 Å². The zero-order valence-electron chi connectivity index (χ0n) is 17.4. The van der Waals surface area contributed by atoms with Gasteiger partial charge in [0.05, 0.1) is 0 Å². The Morgan fingerprint density at radius 3 is 2.14 bits per heavy atom. The molecule has 0 aliphatic carbocycles. The normalized spacial score (nSPS) is 10.9. The Hall–Kier alpha value is -3.21. The first-order valence-electron chi connectivity index (χ1n) is 9.54. The first-order chi connectivity index (χ1) is 14.0. The zero-order chi connectivity index (χ0) is 21.8. The second-order valence-corrected chi connectivity index (χ2v) is 5.71. The number of carbonyl (C=O) groups is 1. The van der Waals surface area contributed by atoms with Crippen molar-refractivity contribution < 1.29 is 13.6 Å². The van der Waals surface area contributed by atoms with Crippen molar-refractivity contribution in [3.8, 4) is 0 Å². The van der Waals surface area contributed by atoms with Gasteiger partial charge >= 0.3 is 0 Å². The fraction of sp³-hybridized carbons (Fsp3) is 0.208. The van der Waals surface area contributed by atoms with Gasteiger partial charge < -0.3 is 10.2 Å². The Morgan fingerprint density at radius 1 is 1.07 bits per heavy atom. The van der Waals surface area contributed by atoms with Gasteiger partial charge in [-0.1, -0.05) is 38.1 Å². The summed E-state index contributed by atoms with van der Waals surface area (Å²) in [7, 11) is 0. The molecular weight excluding hydrogens is 370 g/mol. The molecule has 0 unspecified atom stereocenters. The van der Waals surface area contributed by atoms with Crippen molar-refractivity contribution in [2.45, 2.75) is 27.7 Å². The maximum absolute atomic E-state index is 13.7. The number of anilines is 2. The summed E-state index contributed by atoms with van der Waals surface area (Å²) >= 11 is 0. The van der Waals surface area contributed by atoms with E-state index in [2.05, 4.69) is 16.8 Å². The highest BCUT2D eigenvalue weighted by atomic mass is 19.1. The molecule has 0 aliphatic heterocycles. The molecule has 2 aromatic rings. The molecular formula is C24H28F2N2O. The third-order valence-corrected chi connectivity index (χ3v) is 3.88. The third kappa shape index (κ3) is 6.42. The molecule has 29 heavy (non-hydrogen) atoms. The van der Waals surface area contributed by atoms with Crippen LogP contribution in [0, 0.1) is 11.6 Å². The molecule has 0 spiro atoms. The lowest BCUT2D eigenvalue weighted by Crippen LogP contribution is -2.21. The fourth-order valence-electron chi connectivity index (χ4n) is 2.63. The number of hydrogen-bond acceptors (Lipinski definition) is 2. The van der Waals surface area contributed by atoms with Crippen molar-refractivity contribution in [1.29, 1.82) is 0 Å². The largest absolute Gasteiger partial charge is 0.338 e. The van der Waals surface area contributed by atoms with Crippen molar-refractivity contribution in [2.75, 3.05) is 16.8 Å². The van der Waals surface area contributed by atoms with Crippen LogP contribution in [0.2, 0.25) is 0 Å². The number of allylic oxidation sites excluding steroid dienone is 3. The van der Waals surface area contributed by atoms with Crippen LogP contribution in [0.3, 0.4) is 0 Å². The Labute approximate surface area is 172 Å². The van der Waals surface area contributed by atoms with Crippen molar-refractivity contribution >= 4 is 17.3 Å². The van der Waals surface area contributed by atoms with E-state index in [1.54, 1.807) is 18.2 Å². The van der Waals surface area contributed by atoms with E-state index < -0.39 is 23.1 Å². The van der Waals surface area contributed by atoms with Crippen LogP contribution in [0.15, 0.2) is 79.0 Å². The lowest BCUT2D eigenvalue weighted by atomic mass is 10.1. The van der Waals surface area contributed by atoms with Gasteiger partial charge in [0.2, 0.25) is 0 Å². The molecule has 2 aromatic carbocycles. The summed E-state index contributed by atoms with van der Waals surface area (Å²) in [6.45, 7) is 12.3. The monoisotopic (exact) mass is 398 g/mol. The van der Waals surface area contributed by atoms with Gasteiger partial charge in [-0.2, -0.15) is 0 Å². The van der Waals surface area contributed by atoms with Crippen LogP contribution in [0.25, 0.3) is 0 Å². The summed E-state index contributed by atoms with van der Waals surface area (Å²) in [6, 6.07) is 10.3.